The monoisotopic (exact) mass is 1180 g/mol. The van der Waals surface area contributed by atoms with E-state index in [0.29, 0.717) is 41.7 Å². The van der Waals surface area contributed by atoms with E-state index in [9.17, 15) is 49.1 Å². The first-order chi connectivity index (χ1) is 36.1. The molecule has 38 heteroatoms. The third kappa shape index (κ3) is 17.1. The van der Waals surface area contributed by atoms with Crippen molar-refractivity contribution in [2.45, 2.75) is 55.3 Å². The number of hydrogen-bond donors (Lipinski definition) is 14. The van der Waals surface area contributed by atoms with Gasteiger partial charge in [-0.05, 0) is 85.6 Å². The average Bonchev–Trinajstić information content (AvgIpc) is 3.36. The zero-order valence-corrected chi connectivity index (χ0v) is 43.2. The molecular formula is C38H40N12O20S6. The first-order valence-electron chi connectivity index (χ1n) is 20.5. The van der Waals surface area contributed by atoms with Gasteiger partial charge in [0.25, 0.3) is 30.4 Å². The fourth-order valence-electron chi connectivity index (χ4n) is 5.99. The summed E-state index contributed by atoms with van der Waals surface area (Å²) in [5, 5.41) is 73.5. The van der Waals surface area contributed by atoms with Crippen LogP contribution in [-0.2, 0) is 58.5 Å². The number of rotatable bonds is 28. The smallest absolute Gasteiger partial charge is 0.296 e. The topological polar surface area (TPSA) is 469 Å². The van der Waals surface area contributed by atoms with Gasteiger partial charge in [0, 0.05) is 33.2 Å². The molecule has 0 aliphatic heterocycles. The van der Waals surface area contributed by atoms with Gasteiger partial charge in [0.1, 0.15) is 9.79 Å². The summed E-state index contributed by atoms with van der Waals surface area (Å²) in [5.74, 6) is -1.30. The quantitative estimate of drug-likeness (QED) is 0.00905. The van der Waals surface area contributed by atoms with Gasteiger partial charge in [-0.15, -0.1) is 13.0 Å². The zero-order chi connectivity index (χ0) is 55.2. The van der Waals surface area contributed by atoms with Crippen LogP contribution in [0.2, 0.25) is 0 Å². The normalized spacial score (nSPS) is 12.8. The summed E-state index contributed by atoms with van der Waals surface area (Å²) in [5.41, 5.74) is 0.142. The van der Waals surface area contributed by atoms with Gasteiger partial charge in [0.2, 0.25) is 35.7 Å². The van der Waals surface area contributed by atoms with Crippen molar-refractivity contribution in [3.8, 4) is 0 Å². The molecule has 76 heavy (non-hydrogen) atoms. The van der Waals surface area contributed by atoms with Crippen molar-refractivity contribution in [3.05, 3.63) is 83.9 Å². The highest BCUT2D eigenvalue weighted by molar-refractivity contribution is 7.95. The van der Waals surface area contributed by atoms with Crippen LogP contribution in [0.25, 0.3) is 12.2 Å². The molecule has 32 nitrogen and oxygen atoms in total. The van der Waals surface area contributed by atoms with E-state index in [1.54, 1.807) is 13.8 Å². The molecular weight excluding hydrogens is 1140 g/mol. The molecule has 4 aromatic carbocycles. The lowest BCUT2D eigenvalue weighted by Crippen LogP contribution is -2.21. The lowest BCUT2D eigenvalue weighted by Gasteiger charge is -2.16. The lowest BCUT2D eigenvalue weighted by molar-refractivity contribution is -0.432. The first kappa shape index (κ1) is 59.0. The third-order valence-electron chi connectivity index (χ3n) is 9.27. The van der Waals surface area contributed by atoms with Crippen molar-refractivity contribution >= 4 is 137 Å². The predicted molar refractivity (Wildman–Crippen MR) is 269 cm³/mol. The largest absolute Gasteiger partial charge is 0.394 e. The van der Waals surface area contributed by atoms with Crippen LogP contribution in [0.3, 0.4) is 0 Å². The van der Waals surface area contributed by atoms with Crippen LogP contribution in [0.5, 0.6) is 0 Å². The molecule has 2 atom stereocenters. The Morgan fingerprint density at radius 1 is 0.500 bits per heavy atom. The maximum atomic E-state index is 12.8. The molecule has 0 bridgehead atoms. The minimum atomic E-state index is -4.98. The fraction of sp³-hybridized carbons (Fsp3) is 0.158. The standard InChI is InChI=1S/C38H40N12O20S6/c1-19(17-51)39-33-46-36(49-37(47-33)43-27-16-26(74(56,57)58)10-11-29(27)72-69-66-54)42-24-8-6-22(32(14-24)76(62,63)64)4-3-21-5-7-23(13-30(21)73-70-67-55)41-35-45-34(40-20(2)18-52)48-38(50-35)44-28-15-25(71-68-65-53)9-12-31(28)75(59,60)61/h3-16,19-20,51-55H,17-18H2,1-2H3,(H,56,57,58)(H,59,60,61)(H,62,63,64)(H3,39,42,43,46,47,49)(H3,40,41,44,45,48,50)/b4-3+. The second kappa shape index (κ2) is 26.7. The van der Waals surface area contributed by atoms with Crippen LogP contribution < -0.4 is 31.9 Å². The fourth-order valence-corrected chi connectivity index (χ4v) is 9.17. The van der Waals surface area contributed by atoms with Gasteiger partial charge in [-0.2, -0.15) is 55.2 Å². The molecule has 0 spiro atoms. The second-order valence-corrected chi connectivity index (χ2v) is 21.3. The number of nitrogens with one attached hydrogen (secondary N) is 6. The van der Waals surface area contributed by atoms with E-state index in [4.69, 9.17) is 20.1 Å². The van der Waals surface area contributed by atoms with Crippen molar-refractivity contribution in [1.82, 2.24) is 29.9 Å². The number of aliphatic hydroxyl groups is 2. The maximum absolute atomic E-state index is 12.8. The van der Waals surface area contributed by atoms with Crippen molar-refractivity contribution in [1.29, 1.82) is 0 Å². The Kier molecular flexibility index (Phi) is 20.7. The lowest BCUT2D eigenvalue weighted by atomic mass is 10.1. The van der Waals surface area contributed by atoms with Crippen molar-refractivity contribution in [2.24, 2.45) is 0 Å². The van der Waals surface area contributed by atoms with E-state index < -0.39 is 57.1 Å². The van der Waals surface area contributed by atoms with Gasteiger partial charge in [0.15, 0.2) is 0 Å². The number of nitrogens with zero attached hydrogens (tertiary/aromatic N) is 6. The highest BCUT2D eigenvalue weighted by Crippen LogP contribution is 2.35. The van der Waals surface area contributed by atoms with E-state index in [1.165, 1.54) is 60.7 Å². The van der Waals surface area contributed by atoms with E-state index in [-0.39, 0.29) is 91.9 Å². The average molecular weight is 1180 g/mol. The summed E-state index contributed by atoms with van der Waals surface area (Å²) in [6.45, 7) is 2.45. The third-order valence-corrected chi connectivity index (χ3v) is 13.8. The molecule has 14 N–H and O–H groups in total. The summed E-state index contributed by atoms with van der Waals surface area (Å²) in [4.78, 5) is 24.3. The number of anilines is 10. The number of aromatic nitrogens is 6. The predicted octanol–water partition coefficient (Wildman–Crippen LogP) is 5.81. The van der Waals surface area contributed by atoms with Crippen LogP contribution in [0.15, 0.2) is 102 Å². The van der Waals surface area contributed by atoms with Gasteiger partial charge in [-0.1, -0.05) is 39.4 Å². The molecule has 0 radical (unpaired) electrons. The van der Waals surface area contributed by atoms with E-state index in [2.05, 4.69) is 85.6 Å². The number of aliphatic hydroxyl groups excluding tert-OH is 2. The van der Waals surface area contributed by atoms with Crippen LogP contribution >= 0.6 is 36.1 Å². The van der Waals surface area contributed by atoms with Crippen molar-refractivity contribution in [2.75, 3.05) is 45.1 Å². The van der Waals surface area contributed by atoms with Crippen molar-refractivity contribution in [3.63, 3.8) is 0 Å². The van der Waals surface area contributed by atoms with Gasteiger partial charge in [-0.3, -0.25) is 13.7 Å². The Morgan fingerprint density at radius 2 is 0.974 bits per heavy atom. The molecule has 0 aliphatic rings. The highest BCUT2D eigenvalue weighted by atomic mass is 32.2. The summed E-state index contributed by atoms with van der Waals surface area (Å²) < 4.78 is 118. The molecule has 0 saturated heterocycles. The Hall–Kier alpha value is -6.22. The summed E-state index contributed by atoms with van der Waals surface area (Å²) in [6, 6.07) is 13.6. The second-order valence-electron chi connectivity index (χ2n) is 14.8. The van der Waals surface area contributed by atoms with E-state index in [1.807, 2.05) is 0 Å². The maximum Gasteiger partial charge on any atom is 0.296 e. The Morgan fingerprint density at radius 3 is 1.50 bits per heavy atom. The van der Waals surface area contributed by atoms with E-state index in [0.717, 1.165) is 24.3 Å². The molecule has 6 rings (SSSR count). The minimum absolute atomic E-state index is 0.00337. The number of benzene rings is 4. The molecule has 408 valence electrons. The SMILES string of the molecule is CC(CO)Nc1nc(Nc2ccc(/C=C/c3ccc(Nc4nc(Nc5cc(SOOO)ccc5S(=O)(=O)O)nc(NC(C)CO)n4)cc3SOOO)c(S(=O)(=O)O)c2)nc(Nc2cc(S(=O)(=O)O)ccc2SOOO)n1. The van der Waals surface area contributed by atoms with Crippen LogP contribution in [0.4, 0.5) is 58.4 Å². The molecule has 2 unspecified atom stereocenters. The van der Waals surface area contributed by atoms with Gasteiger partial charge in [-0.25, -0.2) is 15.8 Å². The molecule has 2 aromatic heterocycles. The number of hydrogen-bond acceptors (Lipinski definition) is 32. The molecule has 0 saturated carbocycles. The highest BCUT2D eigenvalue weighted by Gasteiger charge is 2.22. The van der Waals surface area contributed by atoms with E-state index >= 15 is 0 Å². The first-order valence-corrected chi connectivity index (χ1v) is 27.1. The van der Waals surface area contributed by atoms with Crippen LogP contribution in [0, 0.1) is 0 Å². The molecule has 0 fully saturated rings. The molecule has 0 aliphatic carbocycles. The van der Waals surface area contributed by atoms with Crippen LogP contribution in [-0.4, -0.2) is 120 Å². The van der Waals surface area contributed by atoms with Gasteiger partial charge >= 0.3 is 0 Å². The van der Waals surface area contributed by atoms with Crippen molar-refractivity contribution < 1.29 is 93.0 Å². The molecule has 0 amide bonds. The minimum Gasteiger partial charge on any atom is -0.394 e. The zero-order valence-electron chi connectivity index (χ0n) is 38.3. The van der Waals surface area contributed by atoms with Gasteiger partial charge < -0.3 is 42.1 Å². The summed E-state index contributed by atoms with van der Waals surface area (Å²) in [7, 11) is -14.5. The summed E-state index contributed by atoms with van der Waals surface area (Å²) >= 11 is 1.40. The Balaban J connectivity index is 1.31. The van der Waals surface area contributed by atoms with Crippen LogP contribution in [0.1, 0.15) is 25.0 Å². The molecule has 2 heterocycles. The Bertz CT molecular complexity index is 3390. The summed E-state index contributed by atoms with van der Waals surface area (Å²) in [6.07, 6.45) is 2.72. The van der Waals surface area contributed by atoms with Gasteiger partial charge in [0.05, 0.1) is 70.5 Å². The molecule has 6 aromatic rings. The Labute approximate surface area is 442 Å².